The number of allylic oxidation sites excluding steroid dienone is 1. The molecule has 0 bridgehead atoms. The van der Waals surface area contributed by atoms with Gasteiger partial charge in [0.05, 0.1) is 0 Å². The highest BCUT2D eigenvalue weighted by Crippen LogP contribution is 2.43. The van der Waals surface area contributed by atoms with Gasteiger partial charge in [-0.1, -0.05) is 26.3 Å². The predicted octanol–water partition coefficient (Wildman–Crippen LogP) is 4.78. The summed E-state index contributed by atoms with van der Waals surface area (Å²) in [7, 11) is 0. The molecule has 0 spiro atoms. The lowest BCUT2D eigenvalue weighted by Crippen LogP contribution is -2.36. The van der Waals surface area contributed by atoms with Gasteiger partial charge in [0.15, 0.2) is 0 Å². The fraction of sp³-hybridized carbons (Fsp3) is 0.882. The van der Waals surface area contributed by atoms with Crippen LogP contribution in [0.3, 0.4) is 0 Å². The minimum Gasteiger partial charge on any atom is -0.316 e. The molecule has 2 unspecified atom stereocenters. The van der Waals surface area contributed by atoms with Gasteiger partial charge in [0.25, 0.3) is 0 Å². The van der Waals surface area contributed by atoms with Crippen LogP contribution >= 0.6 is 0 Å². The standard InChI is InChI=1S/C17H33N/c1-6-11-18-13-16-9-10-17(4,5)12-15(16)8-7-14(2)3/h15-16,18H,2,6-13H2,1,3-5H3. The van der Waals surface area contributed by atoms with Crippen molar-refractivity contribution in [2.24, 2.45) is 17.3 Å². The Kier molecular flexibility index (Phi) is 6.42. The zero-order chi connectivity index (χ0) is 13.6. The van der Waals surface area contributed by atoms with Crippen LogP contribution in [0.2, 0.25) is 0 Å². The first-order chi connectivity index (χ1) is 8.44. The van der Waals surface area contributed by atoms with Crippen LogP contribution < -0.4 is 5.32 Å². The Labute approximate surface area is 114 Å². The molecule has 0 aromatic rings. The van der Waals surface area contributed by atoms with Crippen LogP contribution in [-0.4, -0.2) is 13.1 Å². The van der Waals surface area contributed by atoms with E-state index in [0.29, 0.717) is 5.41 Å². The van der Waals surface area contributed by atoms with E-state index in [1.807, 2.05) is 0 Å². The van der Waals surface area contributed by atoms with Crippen molar-refractivity contribution in [2.45, 2.75) is 66.2 Å². The Morgan fingerprint density at radius 3 is 2.67 bits per heavy atom. The van der Waals surface area contributed by atoms with E-state index in [-0.39, 0.29) is 0 Å². The molecule has 0 aromatic carbocycles. The van der Waals surface area contributed by atoms with Crippen molar-refractivity contribution in [3.8, 4) is 0 Å². The first kappa shape index (κ1) is 15.8. The minimum absolute atomic E-state index is 0.557. The summed E-state index contributed by atoms with van der Waals surface area (Å²) in [6.07, 6.45) is 8.01. The smallest absolute Gasteiger partial charge is 0.00179 e. The van der Waals surface area contributed by atoms with Gasteiger partial charge in [-0.2, -0.15) is 0 Å². The van der Waals surface area contributed by atoms with E-state index >= 15 is 0 Å². The molecule has 1 heteroatoms. The Hall–Kier alpha value is -0.300. The van der Waals surface area contributed by atoms with Gasteiger partial charge in [-0.05, 0) is 75.8 Å². The second-order valence-electron chi connectivity index (χ2n) is 7.13. The second kappa shape index (κ2) is 7.33. The summed E-state index contributed by atoms with van der Waals surface area (Å²) in [5, 5.41) is 3.63. The number of hydrogen-bond acceptors (Lipinski definition) is 1. The number of hydrogen-bond donors (Lipinski definition) is 1. The minimum atomic E-state index is 0.557. The van der Waals surface area contributed by atoms with E-state index < -0.39 is 0 Å². The molecule has 0 radical (unpaired) electrons. The molecule has 0 amide bonds. The average molecular weight is 251 g/mol. The van der Waals surface area contributed by atoms with Crippen LogP contribution in [0.4, 0.5) is 0 Å². The van der Waals surface area contributed by atoms with Crippen molar-refractivity contribution in [1.29, 1.82) is 0 Å². The van der Waals surface area contributed by atoms with Crippen molar-refractivity contribution < 1.29 is 0 Å². The third-order valence-corrected chi connectivity index (χ3v) is 4.45. The Bertz CT molecular complexity index is 254. The summed E-state index contributed by atoms with van der Waals surface area (Å²) >= 11 is 0. The SMILES string of the molecule is C=C(C)CCC1CC(C)(C)CCC1CNCCC. The predicted molar refractivity (Wildman–Crippen MR) is 81.8 cm³/mol. The van der Waals surface area contributed by atoms with Gasteiger partial charge in [0.2, 0.25) is 0 Å². The van der Waals surface area contributed by atoms with Gasteiger partial charge in [-0.15, -0.1) is 6.58 Å². The molecule has 18 heavy (non-hydrogen) atoms. The molecule has 0 saturated heterocycles. The van der Waals surface area contributed by atoms with Gasteiger partial charge in [0, 0.05) is 0 Å². The van der Waals surface area contributed by atoms with Crippen molar-refractivity contribution in [3.05, 3.63) is 12.2 Å². The zero-order valence-corrected chi connectivity index (χ0v) is 13.0. The number of rotatable bonds is 7. The van der Waals surface area contributed by atoms with Gasteiger partial charge in [0.1, 0.15) is 0 Å². The van der Waals surface area contributed by atoms with E-state index in [4.69, 9.17) is 0 Å². The molecule has 106 valence electrons. The third-order valence-electron chi connectivity index (χ3n) is 4.45. The molecule has 0 aromatic heterocycles. The largest absolute Gasteiger partial charge is 0.316 e. The molecule has 1 N–H and O–H groups in total. The highest BCUT2D eigenvalue weighted by molar-refractivity contribution is 4.92. The van der Waals surface area contributed by atoms with Crippen LogP contribution in [0.15, 0.2) is 12.2 Å². The second-order valence-corrected chi connectivity index (χ2v) is 7.13. The monoisotopic (exact) mass is 251 g/mol. The maximum Gasteiger partial charge on any atom is -0.00179 e. The Balaban J connectivity index is 2.48. The van der Waals surface area contributed by atoms with Crippen molar-refractivity contribution in [2.75, 3.05) is 13.1 Å². The maximum atomic E-state index is 4.06. The summed E-state index contributed by atoms with van der Waals surface area (Å²) in [5.74, 6) is 1.79. The van der Waals surface area contributed by atoms with Crippen LogP contribution in [0.1, 0.15) is 66.2 Å². The van der Waals surface area contributed by atoms with Crippen LogP contribution in [0.5, 0.6) is 0 Å². The summed E-state index contributed by atoms with van der Waals surface area (Å²) in [5.41, 5.74) is 1.90. The van der Waals surface area contributed by atoms with Gasteiger partial charge < -0.3 is 5.32 Å². The molecule has 1 aliphatic rings. The summed E-state index contributed by atoms with van der Waals surface area (Å²) in [4.78, 5) is 0. The molecule has 1 aliphatic carbocycles. The average Bonchev–Trinajstić information content (AvgIpc) is 2.28. The lowest BCUT2D eigenvalue weighted by molar-refractivity contribution is 0.110. The first-order valence-electron chi connectivity index (χ1n) is 7.79. The van der Waals surface area contributed by atoms with Crippen LogP contribution in [0, 0.1) is 17.3 Å². The number of nitrogens with one attached hydrogen (secondary N) is 1. The summed E-state index contributed by atoms with van der Waals surface area (Å²) in [6.45, 7) is 15.8. The van der Waals surface area contributed by atoms with Crippen LogP contribution in [0.25, 0.3) is 0 Å². The summed E-state index contributed by atoms with van der Waals surface area (Å²) < 4.78 is 0. The third kappa shape index (κ3) is 5.56. The molecule has 2 atom stereocenters. The fourth-order valence-electron chi connectivity index (χ4n) is 3.29. The van der Waals surface area contributed by atoms with Gasteiger partial charge in [-0.3, -0.25) is 0 Å². The molecule has 0 aliphatic heterocycles. The summed E-state index contributed by atoms with van der Waals surface area (Å²) in [6, 6.07) is 0. The maximum absolute atomic E-state index is 4.06. The topological polar surface area (TPSA) is 12.0 Å². The first-order valence-corrected chi connectivity index (χ1v) is 7.79. The molecule has 0 heterocycles. The van der Waals surface area contributed by atoms with Crippen molar-refractivity contribution in [1.82, 2.24) is 5.32 Å². The van der Waals surface area contributed by atoms with Crippen molar-refractivity contribution in [3.63, 3.8) is 0 Å². The quantitative estimate of drug-likeness (QED) is 0.507. The molecule has 1 saturated carbocycles. The van der Waals surface area contributed by atoms with Crippen LogP contribution in [-0.2, 0) is 0 Å². The van der Waals surface area contributed by atoms with Gasteiger partial charge in [-0.25, -0.2) is 0 Å². The molecular weight excluding hydrogens is 218 g/mol. The lowest BCUT2D eigenvalue weighted by Gasteiger charge is -2.41. The zero-order valence-electron chi connectivity index (χ0n) is 13.0. The Morgan fingerprint density at radius 2 is 2.06 bits per heavy atom. The van der Waals surface area contributed by atoms with E-state index in [1.165, 1.54) is 57.2 Å². The van der Waals surface area contributed by atoms with E-state index in [2.05, 4.69) is 39.6 Å². The Morgan fingerprint density at radius 1 is 1.33 bits per heavy atom. The normalized spacial score (nSPS) is 27.1. The molecule has 1 nitrogen and oxygen atoms in total. The van der Waals surface area contributed by atoms with E-state index in [0.717, 1.165) is 11.8 Å². The molecule has 1 fully saturated rings. The molecular formula is C17H33N. The fourth-order valence-corrected chi connectivity index (χ4v) is 3.29. The lowest BCUT2D eigenvalue weighted by atomic mass is 9.65. The van der Waals surface area contributed by atoms with E-state index in [1.54, 1.807) is 0 Å². The van der Waals surface area contributed by atoms with E-state index in [9.17, 15) is 0 Å². The van der Waals surface area contributed by atoms with Crippen molar-refractivity contribution >= 4 is 0 Å². The van der Waals surface area contributed by atoms with Gasteiger partial charge >= 0.3 is 0 Å². The molecule has 1 rings (SSSR count). The highest BCUT2D eigenvalue weighted by atomic mass is 14.9. The highest BCUT2D eigenvalue weighted by Gasteiger charge is 2.34.